The number of amides is 1. The average Bonchev–Trinajstić information content (AvgIpc) is 3.37. The smallest absolute Gasteiger partial charge is 0.257 e. The molecule has 2 unspecified atom stereocenters. The van der Waals surface area contributed by atoms with Gasteiger partial charge >= 0.3 is 0 Å². The van der Waals surface area contributed by atoms with Crippen LogP contribution in [0.2, 0.25) is 0 Å². The summed E-state index contributed by atoms with van der Waals surface area (Å²) in [5.41, 5.74) is 1.90. The number of aromatic nitrogens is 3. The highest BCUT2D eigenvalue weighted by Crippen LogP contribution is 2.34. The van der Waals surface area contributed by atoms with E-state index in [0.717, 1.165) is 66.6 Å². The Morgan fingerprint density at radius 1 is 1.24 bits per heavy atom. The van der Waals surface area contributed by atoms with Gasteiger partial charge in [0.25, 0.3) is 5.56 Å². The second-order valence-corrected chi connectivity index (χ2v) is 8.91. The lowest BCUT2D eigenvalue weighted by Gasteiger charge is -2.33. The minimum absolute atomic E-state index is 0.00648. The molecular formula is C21H24N4O3S. The predicted molar refractivity (Wildman–Crippen MR) is 109 cm³/mol. The quantitative estimate of drug-likeness (QED) is 0.717. The largest absolute Gasteiger partial charge is 0.488 e. The fraction of sp³-hybridized carbons (Fsp3) is 0.524. The summed E-state index contributed by atoms with van der Waals surface area (Å²) in [7, 11) is 0. The van der Waals surface area contributed by atoms with Crippen LogP contribution in [-0.2, 0) is 17.6 Å². The molecule has 0 bridgehead atoms. The summed E-state index contributed by atoms with van der Waals surface area (Å²) in [5, 5.41) is 0.783. The van der Waals surface area contributed by atoms with Gasteiger partial charge in [0, 0.05) is 36.7 Å². The van der Waals surface area contributed by atoms with Crippen LogP contribution < -0.4 is 10.3 Å². The van der Waals surface area contributed by atoms with Gasteiger partial charge in [0.1, 0.15) is 11.9 Å². The number of piperidine rings is 1. The number of likely N-dealkylation sites (tertiary alicyclic amines) is 1. The first kappa shape index (κ1) is 18.7. The van der Waals surface area contributed by atoms with Gasteiger partial charge in [0.05, 0.1) is 18.3 Å². The number of thioether (sulfide) groups is 1. The zero-order valence-electron chi connectivity index (χ0n) is 16.2. The third-order valence-corrected chi connectivity index (χ3v) is 7.06. The van der Waals surface area contributed by atoms with E-state index >= 15 is 0 Å². The Balaban J connectivity index is 1.26. The molecule has 1 fully saturated rings. The van der Waals surface area contributed by atoms with Crippen LogP contribution in [0.3, 0.4) is 0 Å². The van der Waals surface area contributed by atoms with Crippen LogP contribution in [0.4, 0.5) is 0 Å². The molecule has 29 heavy (non-hydrogen) atoms. The van der Waals surface area contributed by atoms with Gasteiger partial charge in [-0.05, 0) is 44.2 Å². The van der Waals surface area contributed by atoms with Crippen molar-refractivity contribution in [1.82, 2.24) is 19.4 Å². The van der Waals surface area contributed by atoms with Crippen molar-refractivity contribution in [2.45, 2.75) is 55.8 Å². The van der Waals surface area contributed by atoms with E-state index in [1.54, 1.807) is 28.7 Å². The summed E-state index contributed by atoms with van der Waals surface area (Å²) in [5.74, 6) is 1.62. The topological polar surface area (TPSA) is 77.3 Å². The highest BCUT2D eigenvalue weighted by atomic mass is 32.2. The molecule has 1 aliphatic carbocycles. The van der Waals surface area contributed by atoms with Crippen molar-refractivity contribution in [3.05, 3.63) is 46.1 Å². The van der Waals surface area contributed by atoms with Crippen LogP contribution in [0.25, 0.3) is 0 Å². The molecule has 2 aromatic rings. The molecule has 5 rings (SSSR count). The number of pyridine rings is 1. The number of carbonyl (C=O) groups is 1. The lowest BCUT2D eigenvalue weighted by atomic mass is 10.1. The fourth-order valence-electron chi connectivity index (χ4n) is 4.50. The Morgan fingerprint density at radius 3 is 2.97 bits per heavy atom. The van der Waals surface area contributed by atoms with Gasteiger partial charge in [-0.15, -0.1) is 0 Å². The van der Waals surface area contributed by atoms with Gasteiger partial charge in [-0.3, -0.25) is 19.1 Å². The van der Waals surface area contributed by atoms with Crippen molar-refractivity contribution in [3.8, 4) is 5.75 Å². The molecule has 0 radical (unpaired) electrons. The molecule has 8 heteroatoms. The monoisotopic (exact) mass is 412 g/mol. The lowest BCUT2D eigenvalue weighted by molar-refractivity contribution is -0.134. The summed E-state index contributed by atoms with van der Waals surface area (Å²) in [6.07, 6.45) is 8.33. The van der Waals surface area contributed by atoms with E-state index in [2.05, 4.69) is 4.98 Å². The van der Waals surface area contributed by atoms with E-state index in [1.165, 1.54) is 0 Å². The maximum absolute atomic E-state index is 13.0. The number of aryl methyl sites for hydroxylation is 1. The van der Waals surface area contributed by atoms with Crippen LogP contribution >= 0.6 is 11.8 Å². The molecule has 0 aromatic carbocycles. The second-order valence-electron chi connectivity index (χ2n) is 7.92. The van der Waals surface area contributed by atoms with Crippen LogP contribution in [0.1, 0.15) is 43.0 Å². The first-order chi connectivity index (χ1) is 14.2. The van der Waals surface area contributed by atoms with E-state index < -0.39 is 0 Å². The molecule has 152 valence electrons. The number of rotatable bonds is 4. The number of fused-ring (bicyclic) bond motifs is 2. The molecule has 7 nitrogen and oxygen atoms in total. The van der Waals surface area contributed by atoms with Crippen LogP contribution in [-0.4, -0.2) is 50.3 Å². The Kier molecular flexibility index (Phi) is 5.03. The first-order valence-corrected chi connectivity index (χ1v) is 11.3. The SMILES string of the molecule is O=C(CC1CSc2nc3c(c(=O)n21)CCC3)N1CCCC(Oc2ccncc2)C1. The zero-order chi connectivity index (χ0) is 19.8. The maximum Gasteiger partial charge on any atom is 0.257 e. The third kappa shape index (κ3) is 3.66. The van der Waals surface area contributed by atoms with Crippen LogP contribution in [0.15, 0.2) is 34.5 Å². The Morgan fingerprint density at radius 2 is 2.10 bits per heavy atom. The molecule has 3 aliphatic rings. The highest BCUT2D eigenvalue weighted by Gasteiger charge is 2.33. The van der Waals surface area contributed by atoms with E-state index in [-0.39, 0.29) is 23.6 Å². The minimum atomic E-state index is -0.102. The minimum Gasteiger partial charge on any atom is -0.488 e. The Hall–Kier alpha value is -2.35. The highest BCUT2D eigenvalue weighted by molar-refractivity contribution is 7.99. The molecule has 4 heterocycles. The molecule has 2 aliphatic heterocycles. The van der Waals surface area contributed by atoms with Gasteiger partial charge in [0.2, 0.25) is 5.91 Å². The molecule has 1 amide bonds. The van der Waals surface area contributed by atoms with E-state index in [1.807, 2.05) is 17.0 Å². The summed E-state index contributed by atoms with van der Waals surface area (Å²) in [6.45, 7) is 1.34. The van der Waals surface area contributed by atoms with E-state index in [4.69, 9.17) is 9.72 Å². The normalized spacial score (nSPS) is 23.0. The molecule has 2 aromatic heterocycles. The third-order valence-electron chi connectivity index (χ3n) is 5.97. The zero-order valence-corrected chi connectivity index (χ0v) is 17.1. The fourth-order valence-corrected chi connectivity index (χ4v) is 5.66. The Bertz CT molecular complexity index is 978. The van der Waals surface area contributed by atoms with Crippen molar-refractivity contribution in [1.29, 1.82) is 0 Å². The van der Waals surface area contributed by atoms with Crippen molar-refractivity contribution in [2.24, 2.45) is 0 Å². The molecule has 0 spiro atoms. The molecule has 0 N–H and O–H groups in total. The van der Waals surface area contributed by atoms with E-state index in [9.17, 15) is 9.59 Å². The number of hydrogen-bond donors (Lipinski definition) is 0. The number of nitrogens with zero attached hydrogens (tertiary/aromatic N) is 4. The predicted octanol–water partition coefficient (Wildman–Crippen LogP) is 2.23. The van der Waals surface area contributed by atoms with Gasteiger partial charge < -0.3 is 9.64 Å². The summed E-state index contributed by atoms with van der Waals surface area (Å²) >= 11 is 1.60. The number of ether oxygens (including phenoxy) is 1. The Labute approximate surface area is 173 Å². The van der Waals surface area contributed by atoms with E-state index in [0.29, 0.717) is 13.0 Å². The van der Waals surface area contributed by atoms with Gasteiger partial charge in [-0.25, -0.2) is 4.98 Å². The van der Waals surface area contributed by atoms with Gasteiger partial charge in [-0.1, -0.05) is 11.8 Å². The summed E-state index contributed by atoms with van der Waals surface area (Å²) in [6, 6.07) is 3.58. The van der Waals surface area contributed by atoms with Crippen molar-refractivity contribution in [3.63, 3.8) is 0 Å². The summed E-state index contributed by atoms with van der Waals surface area (Å²) < 4.78 is 7.81. The van der Waals surface area contributed by atoms with Gasteiger partial charge in [-0.2, -0.15) is 0 Å². The second kappa shape index (κ2) is 7.82. The summed E-state index contributed by atoms with van der Waals surface area (Å²) in [4.78, 5) is 36.6. The van der Waals surface area contributed by atoms with Crippen molar-refractivity contribution in [2.75, 3.05) is 18.8 Å². The number of carbonyl (C=O) groups excluding carboxylic acids is 1. The maximum atomic E-state index is 13.0. The first-order valence-electron chi connectivity index (χ1n) is 10.3. The molecule has 0 saturated carbocycles. The standard InChI is InChI=1S/C21H24N4O3S/c26-19(24-10-2-3-16(12-24)28-15-6-8-22-9-7-15)11-14-13-29-21-23-18-5-1-4-17(18)20(27)25(14)21/h6-9,14,16H,1-5,10-13H2. The molecular weight excluding hydrogens is 388 g/mol. The molecule has 1 saturated heterocycles. The van der Waals surface area contributed by atoms with Crippen molar-refractivity contribution >= 4 is 17.7 Å². The molecule has 2 atom stereocenters. The lowest BCUT2D eigenvalue weighted by Crippen LogP contribution is -2.45. The van der Waals surface area contributed by atoms with Crippen molar-refractivity contribution < 1.29 is 9.53 Å². The van der Waals surface area contributed by atoms with Crippen LogP contribution in [0.5, 0.6) is 5.75 Å². The van der Waals surface area contributed by atoms with Crippen LogP contribution in [0, 0.1) is 0 Å². The van der Waals surface area contributed by atoms with Gasteiger partial charge in [0.15, 0.2) is 5.16 Å². The average molecular weight is 413 g/mol. The number of hydrogen-bond acceptors (Lipinski definition) is 6.